The Kier molecular flexibility index (Phi) is 5.52. The fraction of sp³-hybridized carbons (Fsp3) is 0.235. The topological polar surface area (TPSA) is 63.2 Å². The van der Waals surface area contributed by atoms with E-state index in [0.29, 0.717) is 5.56 Å². The first kappa shape index (κ1) is 19.0. The molecule has 1 N–H and O–H groups in total. The van der Waals surface area contributed by atoms with Gasteiger partial charge in [-0.2, -0.15) is 0 Å². The summed E-state index contributed by atoms with van der Waals surface area (Å²) in [4.78, 5) is 12.1. The SMILES string of the molecule is CC(NC(=O)C(C)S(=O)(=O)c1ccc(F)cc1)c1ccc(F)c(F)c1. The molecular weight excluding hydrogens is 355 g/mol. The van der Waals surface area contributed by atoms with Crippen LogP contribution in [-0.2, 0) is 14.6 Å². The second-order valence-electron chi connectivity index (χ2n) is 5.54. The molecule has 0 heterocycles. The summed E-state index contributed by atoms with van der Waals surface area (Å²) < 4.78 is 64.0. The first-order chi connectivity index (χ1) is 11.6. The lowest BCUT2D eigenvalue weighted by molar-refractivity contribution is -0.121. The van der Waals surface area contributed by atoms with Crippen LogP contribution in [0, 0.1) is 17.5 Å². The molecule has 0 fully saturated rings. The first-order valence-electron chi connectivity index (χ1n) is 7.37. The van der Waals surface area contributed by atoms with Crippen molar-refractivity contribution in [3.05, 3.63) is 65.5 Å². The number of rotatable bonds is 5. The van der Waals surface area contributed by atoms with Gasteiger partial charge in [0.15, 0.2) is 21.5 Å². The largest absolute Gasteiger partial charge is 0.348 e. The van der Waals surface area contributed by atoms with Crippen molar-refractivity contribution in [2.75, 3.05) is 0 Å². The van der Waals surface area contributed by atoms with Crippen LogP contribution in [0.3, 0.4) is 0 Å². The normalized spacial score (nSPS) is 14.0. The van der Waals surface area contributed by atoms with E-state index in [0.717, 1.165) is 36.4 Å². The van der Waals surface area contributed by atoms with Crippen molar-refractivity contribution in [3.63, 3.8) is 0 Å². The van der Waals surface area contributed by atoms with Crippen LogP contribution in [0.4, 0.5) is 13.2 Å². The highest BCUT2D eigenvalue weighted by atomic mass is 32.2. The summed E-state index contributed by atoms with van der Waals surface area (Å²) in [5.41, 5.74) is 0.290. The molecule has 0 spiro atoms. The number of halogens is 3. The maximum atomic E-state index is 13.3. The zero-order chi connectivity index (χ0) is 18.8. The lowest BCUT2D eigenvalue weighted by atomic mass is 10.1. The van der Waals surface area contributed by atoms with Gasteiger partial charge >= 0.3 is 0 Å². The lowest BCUT2D eigenvalue weighted by Gasteiger charge is -2.18. The summed E-state index contributed by atoms with van der Waals surface area (Å²) in [6, 6.07) is 6.55. The molecule has 2 unspecified atom stereocenters. The van der Waals surface area contributed by atoms with Gasteiger partial charge in [0, 0.05) is 0 Å². The van der Waals surface area contributed by atoms with E-state index in [9.17, 15) is 26.4 Å². The molecule has 1 amide bonds. The van der Waals surface area contributed by atoms with Crippen molar-refractivity contribution in [1.82, 2.24) is 5.32 Å². The van der Waals surface area contributed by atoms with Crippen LogP contribution in [0.1, 0.15) is 25.5 Å². The summed E-state index contributed by atoms with van der Waals surface area (Å²) in [6.07, 6.45) is 0. The second-order valence-corrected chi connectivity index (χ2v) is 7.81. The summed E-state index contributed by atoms with van der Waals surface area (Å²) in [6.45, 7) is 2.72. The van der Waals surface area contributed by atoms with E-state index in [2.05, 4.69) is 5.32 Å². The van der Waals surface area contributed by atoms with Gasteiger partial charge in [0.05, 0.1) is 10.9 Å². The van der Waals surface area contributed by atoms with E-state index in [-0.39, 0.29) is 4.90 Å². The first-order valence-corrected chi connectivity index (χ1v) is 8.92. The molecule has 0 saturated carbocycles. The van der Waals surface area contributed by atoms with E-state index in [1.54, 1.807) is 0 Å². The highest BCUT2D eigenvalue weighted by Crippen LogP contribution is 2.19. The molecule has 2 aromatic carbocycles. The van der Waals surface area contributed by atoms with E-state index >= 15 is 0 Å². The number of carbonyl (C=O) groups is 1. The molecule has 0 aliphatic carbocycles. The summed E-state index contributed by atoms with van der Waals surface area (Å²) in [7, 11) is -4.01. The van der Waals surface area contributed by atoms with Crippen LogP contribution in [0.15, 0.2) is 47.4 Å². The molecular formula is C17H16F3NO3S. The van der Waals surface area contributed by atoms with Gasteiger partial charge < -0.3 is 5.32 Å². The van der Waals surface area contributed by atoms with Gasteiger partial charge in [-0.15, -0.1) is 0 Å². The standard InChI is InChI=1S/C17H16F3NO3S/c1-10(12-3-8-15(19)16(20)9-12)21-17(22)11(2)25(23,24)14-6-4-13(18)5-7-14/h3-11H,1-2H3,(H,21,22). The Morgan fingerprint density at radius 1 is 0.960 bits per heavy atom. The lowest BCUT2D eigenvalue weighted by Crippen LogP contribution is -2.39. The molecule has 0 saturated heterocycles. The zero-order valence-corrected chi connectivity index (χ0v) is 14.3. The Balaban J connectivity index is 2.16. The Morgan fingerprint density at radius 2 is 1.56 bits per heavy atom. The van der Waals surface area contributed by atoms with Crippen molar-refractivity contribution in [1.29, 1.82) is 0 Å². The quantitative estimate of drug-likeness (QED) is 0.822. The van der Waals surface area contributed by atoms with Crippen molar-refractivity contribution in [3.8, 4) is 0 Å². The minimum atomic E-state index is -4.01. The molecule has 0 aromatic heterocycles. The van der Waals surface area contributed by atoms with Gasteiger partial charge in [0.1, 0.15) is 11.1 Å². The third kappa shape index (κ3) is 4.19. The van der Waals surface area contributed by atoms with Crippen LogP contribution in [0.2, 0.25) is 0 Å². The minimum absolute atomic E-state index is 0.183. The number of carbonyl (C=O) groups excluding carboxylic acids is 1. The minimum Gasteiger partial charge on any atom is -0.348 e. The summed E-state index contributed by atoms with van der Waals surface area (Å²) in [5.74, 6) is -3.48. The van der Waals surface area contributed by atoms with Gasteiger partial charge in [-0.1, -0.05) is 6.07 Å². The van der Waals surface area contributed by atoms with Gasteiger partial charge in [-0.3, -0.25) is 4.79 Å². The van der Waals surface area contributed by atoms with Gasteiger partial charge in [-0.05, 0) is 55.8 Å². The van der Waals surface area contributed by atoms with Crippen LogP contribution in [0.5, 0.6) is 0 Å². The van der Waals surface area contributed by atoms with Crippen molar-refractivity contribution in [2.24, 2.45) is 0 Å². The average molecular weight is 371 g/mol. The van der Waals surface area contributed by atoms with E-state index in [1.165, 1.54) is 19.9 Å². The van der Waals surface area contributed by atoms with E-state index < -0.39 is 44.5 Å². The molecule has 0 aliphatic heterocycles. The highest BCUT2D eigenvalue weighted by molar-refractivity contribution is 7.92. The molecule has 25 heavy (non-hydrogen) atoms. The van der Waals surface area contributed by atoms with Crippen LogP contribution < -0.4 is 5.32 Å². The molecule has 134 valence electrons. The third-order valence-corrected chi connectivity index (χ3v) is 5.85. The fourth-order valence-corrected chi connectivity index (χ4v) is 3.44. The number of nitrogens with one attached hydrogen (secondary N) is 1. The maximum absolute atomic E-state index is 13.3. The molecule has 4 nitrogen and oxygen atoms in total. The van der Waals surface area contributed by atoms with Crippen molar-refractivity contribution in [2.45, 2.75) is 30.0 Å². The van der Waals surface area contributed by atoms with E-state index in [1.807, 2.05) is 0 Å². The smallest absolute Gasteiger partial charge is 0.238 e. The van der Waals surface area contributed by atoms with Crippen LogP contribution in [0.25, 0.3) is 0 Å². The van der Waals surface area contributed by atoms with Crippen LogP contribution >= 0.6 is 0 Å². The predicted molar refractivity (Wildman–Crippen MR) is 86.0 cm³/mol. The predicted octanol–water partition coefficient (Wildman–Crippen LogP) is 3.14. The summed E-state index contributed by atoms with van der Waals surface area (Å²) in [5, 5.41) is 1.01. The Morgan fingerprint density at radius 3 is 2.12 bits per heavy atom. The molecule has 0 bridgehead atoms. The van der Waals surface area contributed by atoms with E-state index in [4.69, 9.17) is 0 Å². The number of hydrogen-bond acceptors (Lipinski definition) is 3. The number of hydrogen-bond donors (Lipinski definition) is 1. The summed E-state index contributed by atoms with van der Waals surface area (Å²) >= 11 is 0. The molecule has 2 aromatic rings. The average Bonchev–Trinajstić information content (AvgIpc) is 2.56. The molecule has 8 heteroatoms. The molecule has 0 aliphatic rings. The van der Waals surface area contributed by atoms with Crippen molar-refractivity contribution < 1.29 is 26.4 Å². The number of benzene rings is 2. The third-order valence-electron chi connectivity index (χ3n) is 3.78. The Bertz CT molecular complexity index is 883. The number of sulfone groups is 1. The van der Waals surface area contributed by atoms with Crippen molar-refractivity contribution >= 4 is 15.7 Å². The zero-order valence-electron chi connectivity index (χ0n) is 13.5. The molecule has 0 radical (unpaired) electrons. The highest BCUT2D eigenvalue weighted by Gasteiger charge is 2.30. The van der Waals surface area contributed by atoms with Gasteiger partial charge in [-0.25, -0.2) is 21.6 Å². The molecule has 2 atom stereocenters. The van der Waals surface area contributed by atoms with Gasteiger partial charge in [0.25, 0.3) is 0 Å². The van der Waals surface area contributed by atoms with Gasteiger partial charge in [0.2, 0.25) is 5.91 Å². The van der Waals surface area contributed by atoms with Crippen LogP contribution in [-0.4, -0.2) is 19.6 Å². The Hall–Kier alpha value is -2.35. The molecule has 2 rings (SSSR count). The monoisotopic (exact) mass is 371 g/mol. The maximum Gasteiger partial charge on any atom is 0.238 e. The Labute approximate surface area is 143 Å². The second kappa shape index (κ2) is 7.26. The number of amides is 1. The fourth-order valence-electron chi connectivity index (χ4n) is 2.17.